The van der Waals surface area contributed by atoms with Gasteiger partial charge in [-0.05, 0) is 6.07 Å². The molecule has 1 aromatic carbocycles. The minimum atomic E-state index is 0.451. The summed E-state index contributed by atoms with van der Waals surface area (Å²) in [4.78, 5) is 8.88. The Hall–Kier alpha value is -2.20. The normalized spacial score (nSPS) is 11.3. The van der Waals surface area contributed by atoms with Crippen LogP contribution in [0, 0.1) is 0 Å². The predicted molar refractivity (Wildman–Crippen MR) is 79.2 cm³/mol. The molecule has 0 saturated heterocycles. The fraction of sp³-hybridized carbons (Fsp3) is 0.250. The van der Waals surface area contributed by atoms with Gasteiger partial charge in [0.25, 0.3) is 0 Å². The summed E-state index contributed by atoms with van der Waals surface area (Å²) in [6.07, 6.45) is 5.44. The fourth-order valence-corrected chi connectivity index (χ4v) is 2.06. The third kappa shape index (κ3) is 2.56. The Morgan fingerprint density at radius 3 is 2.65 bits per heavy atom. The first-order valence-corrected chi connectivity index (χ1v) is 6.75. The minimum Gasteiger partial charge on any atom is -0.464 e. The first-order chi connectivity index (χ1) is 9.74. The molecule has 2 aromatic heterocycles. The van der Waals surface area contributed by atoms with Gasteiger partial charge < -0.3 is 9.73 Å². The molecule has 0 fully saturated rings. The summed E-state index contributed by atoms with van der Waals surface area (Å²) in [6.45, 7) is 5.02. The van der Waals surface area contributed by atoms with Crippen molar-refractivity contribution in [3.63, 3.8) is 0 Å². The largest absolute Gasteiger partial charge is 0.464 e. The zero-order valence-corrected chi connectivity index (χ0v) is 11.6. The van der Waals surface area contributed by atoms with E-state index in [1.165, 1.54) is 0 Å². The summed E-state index contributed by atoms with van der Waals surface area (Å²) in [5.74, 6) is 0.697. The van der Waals surface area contributed by atoms with Crippen LogP contribution >= 0.6 is 0 Å². The van der Waals surface area contributed by atoms with Gasteiger partial charge in [0.05, 0.1) is 5.56 Å². The van der Waals surface area contributed by atoms with E-state index in [9.17, 15) is 0 Å². The second-order valence-electron chi connectivity index (χ2n) is 5.10. The van der Waals surface area contributed by atoms with Crippen LogP contribution < -0.4 is 5.32 Å². The highest BCUT2D eigenvalue weighted by Crippen LogP contribution is 2.27. The van der Waals surface area contributed by atoms with Crippen LogP contribution in [-0.4, -0.2) is 16.0 Å². The van der Waals surface area contributed by atoms with Crippen molar-refractivity contribution in [3.8, 4) is 11.4 Å². The number of para-hydroxylation sites is 1. The molecule has 4 nitrogen and oxygen atoms in total. The van der Waals surface area contributed by atoms with Crippen molar-refractivity contribution < 1.29 is 4.42 Å². The Labute approximate surface area is 117 Å². The predicted octanol–water partition coefficient (Wildman–Crippen LogP) is 3.39. The van der Waals surface area contributed by atoms with Gasteiger partial charge in [0.15, 0.2) is 5.82 Å². The van der Waals surface area contributed by atoms with Crippen LogP contribution in [0.5, 0.6) is 0 Å². The lowest BCUT2D eigenvalue weighted by molar-refractivity contribution is 0.587. The van der Waals surface area contributed by atoms with Gasteiger partial charge >= 0.3 is 0 Å². The van der Waals surface area contributed by atoms with Crippen LogP contribution in [0.15, 0.2) is 47.3 Å². The van der Waals surface area contributed by atoms with Gasteiger partial charge in [-0.25, -0.2) is 9.97 Å². The van der Waals surface area contributed by atoms with Crippen LogP contribution in [0.4, 0.5) is 0 Å². The van der Waals surface area contributed by atoms with Crippen LogP contribution in [0.1, 0.15) is 19.4 Å². The Morgan fingerprint density at radius 1 is 1.15 bits per heavy atom. The molecule has 0 radical (unpaired) electrons. The molecule has 0 spiro atoms. The maximum Gasteiger partial charge on any atom is 0.163 e. The maximum absolute atomic E-state index is 5.52. The Morgan fingerprint density at radius 2 is 1.90 bits per heavy atom. The standard InChI is InChI=1S/C16H17N3O/c1-11(2)17-7-12-8-18-16(19-9-12)14-10-20-15-6-4-3-5-13(14)15/h3-6,8-11,17H,7H2,1-2H3. The molecule has 102 valence electrons. The number of benzene rings is 1. The average Bonchev–Trinajstić information content (AvgIpc) is 2.89. The van der Waals surface area contributed by atoms with Gasteiger partial charge in [0, 0.05) is 35.9 Å². The van der Waals surface area contributed by atoms with Crippen LogP contribution in [0.25, 0.3) is 22.4 Å². The Bertz CT molecular complexity index is 701. The van der Waals surface area contributed by atoms with E-state index in [-0.39, 0.29) is 0 Å². The lowest BCUT2D eigenvalue weighted by atomic mass is 10.1. The quantitative estimate of drug-likeness (QED) is 0.787. The van der Waals surface area contributed by atoms with Gasteiger partial charge in [0.1, 0.15) is 11.8 Å². The second kappa shape index (κ2) is 5.43. The first kappa shape index (κ1) is 12.8. The third-order valence-electron chi connectivity index (χ3n) is 3.14. The van der Waals surface area contributed by atoms with Crippen molar-refractivity contribution in [1.29, 1.82) is 0 Å². The van der Waals surface area contributed by atoms with Crippen LogP contribution in [0.3, 0.4) is 0 Å². The molecule has 0 aliphatic rings. The van der Waals surface area contributed by atoms with Gasteiger partial charge in [-0.15, -0.1) is 0 Å². The smallest absolute Gasteiger partial charge is 0.163 e. The van der Waals surface area contributed by atoms with Gasteiger partial charge in [0.2, 0.25) is 0 Å². The van der Waals surface area contributed by atoms with Crippen molar-refractivity contribution in [2.24, 2.45) is 0 Å². The molecular formula is C16H17N3O. The molecule has 0 aliphatic carbocycles. The number of nitrogens with zero attached hydrogens (tertiary/aromatic N) is 2. The van der Waals surface area contributed by atoms with Crippen LogP contribution in [0.2, 0.25) is 0 Å². The molecule has 20 heavy (non-hydrogen) atoms. The minimum absolute atomic E-state index is 0.451. The molecule has 1 N–H and O–H groups in total. The number of fused-ring (bicyclic) bond motifs is 1. The molecular weight excluding hydrogens is 250 g/mol. The zero-order chi connectivity index (χ0) is 13.9. The number of furan rings is 1. The van der Waals surface area contributed by atoms with E-state index in [0.29, 0.717) is 11.9 Å². The van der Waals surface area contributed by atoms with Crippen molar-refractivity contribution in [2.75, 3.05) is 0 Å². The summed E-state index contributed by atoms with van der Waals surface area (Å²) in [5, 5.41) is 4.39. The molecule has 2 heterocycles. The van der Waals surface area contributed by atoms with E-state index in [4.69, 9.17) is 4.42 Å². The molecule has 0 amide bonds. The second-order valence-corrected chi connectivity index (χ2v) is 5.10. The van der Waals surface area contributed by atoms with E-state index < -0.39 is 0 Å². The van der Waals surface area contributed by atoms with Crippen molar-refractivity contribution in [1.82, 2.24) is 15.3 Å². The fourth-order valence-electron chi connectivity index (χ4n) is 2.06. The monoisotopic (exact) mass is 267 g/mol. The van der Waals surface area contributed by atoms with Gasteiger partial charge in [-0.1, -0.05) is 32.0 Å². The third-order valence-corrected chi connectivity index (χ3v) is 3.14. The molecule has 0 atom stereocenters. The maximum atomic E-state index is 5.52. The van der Waals surface area contributed by atoms with E-state index in [2.05, 4.69) is 29.1 Å². The molecule has 4 heteroatoms. The summed E-state index contributed by atoms with van der Waals surface area (Å²) in [6, 6.07) is 8.36. The molecule has 0 saturated carbocycles. The number of aromatic nitrogens is 2. The highest BCUT2D eigenvalue weighted by atomic mass is 16.3. The van der Waals surface area contributed by atoms with E-state index >= 15 is 0 Å². The molecule has 0 aliphatic heterocycles. The van der Waals surface area contributed by atoms with E-state index in [1.807, 2.05) is 36.7 Å². The van der Waals surface area contributed by atoms with Crippen molar-refractivity contribution in [2.45, 2.75) is 26.4 Å². The highest BCUT2D eigenvalue weighted by Gasteiger charge is 2.09. The number of nitrogens with one attached hydrogen (secondary N) is 1. The topological polar surface area (TPSA) is 51.0 Å². The molecule has 3 rings (SSSR count). The SMILES string of the molecule is CC(C)NCc1cnc(-c2coc3ccccc23)nc1. The van der Waals surface area contributed by atoms with Crippen LogP contribution in [-0.2, 0) is 6.54 Å². The van der Waals surface area contributed by atoms with Gasteiger partial charge in [-0.2, -0.15) is 0 Å². The average molecular weight is 267 g/mol. The lowest BCUT2D eigenvalue weighted by Gasteiger charge is -2.07. The van der Waals surface area contributed by atoms with Gasteiger partial charge in [-0.3, -0.25) is 0 Å². The van der Waals surface area contributed by atoms with Crippen molar-refractivity contribution in [3.05, 3.63) is 48.5 Å². The van der Waals surface area contributed by atoms with Crippen molar-refractivity contribution >= 4 is 11.0 Å². The summed E-state index contributed by atoms with van der Waals surface area (Å²) >= 11 is 0. The Kier molecular flexibility index (Phi) is 3.48. The van der Waals surface area contributed by atoms with E-state index in [0.717, 1.165) is 28.6 Å². The zero-order valence-electron chi connectivity index (χ0n) is 11.6. The summed E-state index contributed by atoms with van der Waals surface area (Å²) in [7, 11) is 0. The number of hydrogen-bond acceptors (Lipinski definition) is 4. The molecule has 0 bridgehead atoms. The van der Waals surface area contributed by atoms with E-state index in [1.54, 1.807) is 6.26 Å². The summed E-state index contributed by atoms with van der Waals surface area (Å²) in [5.41, 5.74) is 2.87. The molecule has 0 unspecified atom stereocenters. The Balaban J connectivity index is 1.87. The number of hydrogen-bond donors (Lipinski definition) is 1. The lowest BCUT2D eigenvalue weighted by Crippen LogP contribution is -2.21. The first-order valence-electron chi connectivity index (χ1n) is 6.75. The summed E-state index contributed by atoms with van der Waals surface area (Å²) < 4.78 is 5.52. The molecule has 3 aromatic rings. The number of rotatable bonds is 4. The highest BCUT2D eigenvalue weighted by molar-refractivity contribution is 5.91.